The molecule has 0 spiro atoms. The minimum absolute atomic E-state index is 0.205. The second-order valence-electron chi connectivity index (χ2n) is 5.34. The van der Waals surface area contributed by atoms with E-state index in [9.17, 15) is 8.42 Å². The van der Waals surface area contributed by atoms with Crippen molar-refractivity contribution in [3.63, 3.8) is 0 Å². The summed E-state index contributed by atoms with van der Waals surface area (Å²) in [5.74, 6) is 0.578. The molecule has 1 aliphatic heterocycles. The van der Waals surface area contributed by atoms with Crippen molar-refractivity contribution in [3.05, 3.63) is 47.2 Å². The Kier molecular flexibility index (Phi) is 4.16. The highest BCUT2D eigenvalue weighted by Gasteiger charge is 2.33. The van der Waals surface area contributed by atoms with Crippen LogP contribution in [0.25, 0.3) is 11.4 Å². The maximum absolute atomic E-state index is 11.9. The SMILES string of the molecule is CS(=O)(=O)N1CCC[C@H]1c1ccnc(-c2ccc(Cl)cc2)n1. The van der Waals surface area contributed by atoms with Crippen LogP contribution in [0.3, 0.4) is 0 Å². The Morgan fingerprint density at radius 3 is 2.64 bits per heavy atom. The number of rotatable bonds is 3. The lowest BCUT2D eigenvalue weighted by Crippen LogP contribution is -2.30. The summed E-state index contributed by atoms with van der Waals surface area (Å²) in [6.07, 6.45) is 4.54. The molecular weight excluding hydrogens is 322 g/mol. The first-order valence-electron chi connectivity index (χ1n) is 7.01. The van der Waals surface area contributed by atoms with E-state index >= 15 is 0 Å². The summed E-state index contributed by atoms with van der Waals surface area (Å²) in [4.78, 5) is 8.83. The van der Waals surface area contributed by atoms with E-state index in [1.165, 1.54) is 10.6 Å². The molecule has 0 N–H and O–H groups in total. The van der Waals surface area contributed by atoms with E-state index in [4.69, 9.17) is 11.6 Å². The standard InChI is InChI=1S/C15H16ClN3O2S/c1-22(20,21)19-10-2-3-14(19)13-8-9-17-15(18-13)11-4-6-12(16)7-5-11/h4-9,14H,2-3,10H2,1H3/t14-/m0/s1. The number of aromatic nitrogens is 2. The Bertz CT molecular complexity index is 778. The van der Waals surface area contributed by atoms with Gasteiger partial charge in [0, 0.05) is 23.3 Å². The van der Waals surface area contributed by atoms with Crippen molar-refractivity contribution in [2.75, 3.05) is 12.8 Å². The van der Waals surface area contributed by atoms with Crippen LogP contribution in [-0.2, 0) is 10.0 Å². The molecule has 1 aromatic heterocycles. The first-order valence-corrected chi connectivity index (χ1v) is 9.23. The van der Waals surface area contributed by atoms with E-state index in [1.807, 2.05) is 12.1 Å². The second-order valence-corrected chi connectivity index (χ2v) is 7.72. The fraction of sp³-hybridized carbons (Fsp3) is 0.333. The summed E-state index contributed by atoms with van der Waals surface area (Å²) in [6, 6.07) is 8.85. The van der Waals surface area contributed by atoms with Crippen LogP contribution < -0.4 is 0 Å². The van der Waals surface area contributed by atoms with Gasteiger partial charge >= 0.3 is 0 Å². The first-order chi connectivity index (χ1) is 10.4. The zero-order chi connectivity index (χ0) is 15.7. The van der Waals surface area contributed by atoms with E-state index in [0.717, 1.165) is 24.1 Å². The van der Waals surface area contributed by atoms with Gasteiger partial charge in [0.15, 0.2) is 5.82 Å². The minimum atomic E-state index is -3.23. The van der Waals surface area contributed by atoms with Crippen LogP contribution in [0.4, 0.5) is 0 Å². The van der Waals surface area contributed by atoms with Gasteiger partial charge < -0.3 is 0 Å². The molecule has 0 bridgehead atoms. The predicted octanol–water partition coefficient (Wildman–Crippen LogP) is 2.89. The van der Waals surface area contributed by atoms with Gasteiger partial charge in [-0.3, -0.25) is 0 Å². The van der Waals surface area contributed by atoms with E-state index in [1.54, 1.807) is 24.4 Å². The van der Waals surface area contributed by atoms with Gasteiger partial charge in [0.05, 0.1) is 18.0 Å². The topological polar surface area (TPSA) is 63.2 Å². The van der Waals surface area contributed by atoms with Gasteiger partial charge in [-0.25, -0.2) is 18.4 Å². The number of halogens is 1. The van der Waals surface area contributed by atoms with Crippen LogP contribution >= 0.6 is 11.6 Å². The average Bonchev–Trinajstić information content (AvgIpc) is 2.98. The van der Waals surface area contributed by atoms with Gasteiger partial charge in [0.1, 0.15) is 0 Å². The maximum atomic E-state index is 11.9. The highest BCUT2D eigenvalue weighted by atomic mass is 35.5. The van der Waals surface area contributed by atoms with Crippen molar-refractivity contribution in [2.45, 2.75) is 18.9 Å². The van der Waals surface area contributed by atoms with Gasteiger partial charge in [0.25, 0.3) is 0 Å². The van der Waals surface area contributed by atoms with E-state index < -0.39 is 10.0 Å². The zero-order valence-electron chi connectivity index (χ0n) is 12.1. The van der Waals surface area contributed by atoms with E-state index in [2.05, 4.69) is 9.97 Å². The van der Waals surface area contributed by atoms with Crippen molar-refractivity contribution in [1.29, 1.82) is 0 Å². The van der Waals surface area contributed by atoms with Crippen molar-refractivity contribution in [1.82, 2.24) is 14.3 Å². The molecule has 0 saturated carbocycles. The highest BCUT2D eigenvalue weighted by Crippen LogP contribution is 2.33. The first kappa shape index (κ1) is 15.4. The summed E-state index contributed by atoms with van der Waals surface area (Å²) in [6.45, 7) is 0.545. The lowest BCUT2D eigenvalue weighted by Gasteiger charge is -2.21. The Balaban J connectivity index is 1.96. The molecule has 2 heterocycles. The van der Waals surface area contributed by atoms with Crippen LogP contribution in [0.5, 0.6) is 0 Å². The number of sulfonamides is 1. The molecule has 3 rings (SSSR count). The lowest BCUT2D eigenvalue weighted by molar-refractivity contribution is 0.394. The van der Waals surface area contributed by atoms with Crippen molar-refractivity contribution >= 4 is 21.6 Å². The van der Waals surface area contributed by atoms with Crippen LogP contribution in [-0.4, -0.2) is 35.5 Å². The number of nitrogens with zero attached hydrogens (tertiary/aromatic N) is 3. The average molecular weight is 338 g/mol. The highest BCUT2D eigenvalue weighted by molar-refractivity contribution is 7.88. The molecule has 0 amide bonds. The zero-order valence-corrected chi connectivity index (χ0v) is 13.7. The van der Waals surface area contributed by atoms with Crippen molar-refractivity contribution < 1.29 is 8.42 Å². The van der Waals surface area contributed by atoms with Crippen LogP contribution in [0.15, 0.2) is 36.5 Å². The molecule has 0 aliphatic carbocycles. The van der Waals surface area contributed by atoms with Gasteiger partial charge in [-0.15, -0.1) is 0 Å². The monoisotopic (exact) mass is 337 g/mol. The normalized spacial score (nSPS) is 19.5. The Labute approximate surface area is 135 Å². The van der Waals surface area contributed by atoms with Crippen LogP contribution in [0.2, 0.25) is 5.02 Å². The number of hydrogen-bond donors (Lipinski definition) is 0. The van der Waals surface area contributed by atoms with Gasteiger partial charge in [-0.1, -0.05) is 11.6 Å². The van der Waals surface area contributed by atoms with Crippen LogP contribution in [0, 0.1) is 0 Å². The minimum Gasteiger partial charge on any atom is -0.237 e. The fourth-order valence-electron chi connectivity index (χ4n) is 2.73. The molecule has 1 aromatic carbocycles. The number of benzene rings is 1. The molecule has 1 atom stereocenters. The van der Waals surface area contributed by atoms with E-state index in [0.29, 0.717) is 17.4 Å². The van der Waals surface area contributed by atoms with Gasteiger partial charge in [-0.2, -0.15) is 4.31 Å². The molecule has 7 heteroatoms. The Hall–Kier alpha value is -1.50. The second kappa shape index (κ2) is 5.95. The molecule has 116 valence electrons. The summed E-state index contributed by atoms with van der Waals surface area (Å²) < 4.78 is 25.3. The third kappa shape index (κ3) is 3.14. The summed E-state index contributed by atoms with van der Waals surface area (Å²) in [7, 11) is -3.23. The predicted molar refractivity (Wildman–Crippen MR) is 86.0 cm³/mol. The quantitative estimate of drug-likeness (QED) is 0.864. The Morgan fingerprint density at radius 1 is 1.23 bits per heavy atom. The molecule has 22 heavy (non-hydrogen) atoms. The summed E-state index contributed by atoms with van der Waals surface area (Å²) >= 11 is 5.89. The van der Waals surface area contributed by atoms with Crippen molar-refractivity contribution in [3.8, 4) is 11.4 Å². The molecule has 1 fully saturated rings. The molecule has 1 aliphatic rings. The molecule has 0 unspecified atom stereocenters. The molecular formula is C15H16ClN3O2S. The smallest absolute Gasteiger partial charge is 0.211 e. The van der Waals surface area contributed by atoms with Crippen LogP contribution in [0.1, 0.15) is 24.6 Å². The van der Waals surface area contributed by atoms with Gasteiger partial charge in [0.2, 0.25) is 10.0 Å². The maximum Gasteiger partial charge on any atom is 0.211 e. The largest absolute Gasteiger partial charge is 0.237 e. The third-order valence-corrected chi connectivity index (χ3v) is 5.29. The molecule has 2 aromatic rings. The third-order valence-electron chi connectivity index (χ3n) is 3.75. The molecule has 1 saturated heterocycles. The van der Waals surface area contributed by atoms with E-state index in [-0.39, 0.29) is 6.04 Å². The van der Waals surface area contributed by atoms with Crippen molar-refractivity contribution in [2.24, 2.45) is 0 Å². The van der Waals surface area contributed by atoms with Gasteiger partial charge in [-0.05, 0) is 43.2 Å². The number of hydrogen-bond acceptors (Lipinski definition) is 4. The summed E-state index contributed by atoms with van der Waals surface area (Å²) in [5.41, 5.74) is 1.60. The molecule has 0 radical (unpaired) electrons. The fourth-order valence-corrected chi connectivity index (χ4v) is 3.99. The molecule has 5 nitrogen and oxygen atoms in total. The lowest BCUT2D eigenvalue weighted by atomic mass is 10.1. The summed E-state index contributed by atoms with van der Waals surface area (Å²) in [5, 5.41) is 0.652. The Morgan fingerprint density at radius 2 is 1.95 bits per heavy atom.